The van der Waals surface area contributed by atoms with E-state index in [1.807, 2.05) is 39.0 Å². The van der Waals surface area contributed by atoms with Gasteiger partial charge in [-0.05, 0) is 32.8 Å². The largest absolute Gasteiger partial charge is 0.330 e. The Bertz CT molecular complexity index is 622. The van der Waals surface area contributed by atoms with E-state index in [2.05, 4.69) is 23.2 Å². The molecule has 4 heteroatoms. The van der Waals surface area contributed by atoms with Crippen LogP contribution in [0, 0.1) is 16.7 Å². The highest BCUT2D eigenvalue weighted by atomic mass is 16.7. The Labute approximate surface area is 131 Å². The lowest BCUT2D eigenvalue weighted by molar-refractivity contribution is -0.256. The van der Waals surface area contributed by atoms with Gasteiger partial charge < -0.3 is 9.47 Å². The summed E-state index contributed by atoms with van der Waals surface area (Å²) in [5.41, 5.74) is 1.35. The van der Waals surface area contributed by atoms with Crippen molar-refractivity contribution in [2.24, 2.45) is 10.4 Å². The minimum atomic E-state index is -1.17. The zero-order chi connectivity index (χ0) is 15.8. The Kier molecular flexibility index (Phi) is 3.80. The molecule has 0 saturated carbocycles. The van der Waals surface area contributed by atoms with Gasteiger partial charge in [0.05, 0.1) is 12.2 Å². The van der Waals surface area contributed by atoms with Crippen molar-refractivity contribution in [3.05, 3.63) is 35.9 Å². The Hall–Kier alpha value is -1.70. The van der Waals surface area contributed by atoms with E-state index in [4.69, 9.17) is 9.47 Å². The molecule has 0 aliphatic carbocycles. The van der Waals surface area contributed by atoms with Gasteiger partial charge in [-0.1, -0.05) is 30.3 Å². The van der Waals surface area contributed by atoms with Crippen LogP contribution >= 0.6 is 0 Å². The second kappa shape index (κ2) is 5.49. The van der Waals surface area contributed by atoms with Gasteiger partial charge in [0.2, 0.25) is 0 Å². The molecule has 2 aliphatic heterocycles. The number of nitriles is 1. The van der Waals surface area contributed by atoms with Crippen LogP contribution in [-0.4, -0.2) is 24.3 Å². The summed E-state index contributed by atoms with van der Waals surface area (Å²) < 4.78 is 12.0. The van der Waals surface area contributed by atoms with Crippen LogP contribution < -0.4 is 0 Å². The zero-order valence-electron chi connectivity index (χ0n) is 13.4. The smallest absolute Gasteiger partial charge is 0.289 e. The molecule has 0 amide bonds. The highest BCUT2D eigenvalue weighted by Crippen LogP contribution is 2.59. The van der Waals surface area contributed by atoms with Gasteiger partial charge in [-0.15, -0.1) is 0 Å². The summed E-state index contributed by atoms with van der Waals surface area (Å²) in [6.07, 6.45) is 1.36. The van der Waals surface area contributed by atoms with Crippen LogP contribution in [0.1, 0.15) is 45.1 Å². The van der Waals surface area contributed by atoms with Gasteiger partial charge in [0.1, 0.15) is 5.41 Å². The molecule has 0 spiro atoms. The van der Waals surface area contributed by atoms with Crippen molar-refractivity contribution < 1.29 is 9.47 Å². The van der Waals surface area contributed by atoms with Crippen LogP contribution in [0.25, 0.3) is 0 Å². The molecule has 4 nitrogen and oxygen atoms in total. The van der Waals surface area contributed by atoms with Gasteiger partial charge in [-0.25, -0.2) is 4.99 Å². The predicted molar refractivity (Wildman–Crippen MR) is 84.5 cm³/mol. The Morgan fingerprint density at radius 2 is 2.14 bits per heavy atom. The van der Waals surface area contributed by atoms with Gasteiger partial charge in [-0.3, -0.25) is 0 Å². The minimum Gasteiger partial charge on any atom is -0.330 e. The van der Waals surface area contributed by atoms with Crippen LogP contribution in [0.4, 0.5) is 0 Å². The molecule has 1 aromatic rings. The molecule has 1 fully saturated rings. The second-order valence-electron chi connectivity index (χ2n) is 6.25. The average Bonchev–Trinajstić information content (AvgIpc) is 2.79. The molecule has 4 atom stereocenters. The number of hydrogen-bond acceptors (Lipinski definition) is 4. The van der Waals surface area contributed by atoms with Gasteiger partial charge >= 0.3 is 0 Å². The Morgan fingerprint density at radius 1 is 1.41 bits per heavy atom. The summed E-state index contributed by atoms with van der Waals surface area (Å²) >= 11 is 0. The lowest BCUT2D eigenvalue weighted by Gasteiger charge is -2.44. The van der Waals surface area contributed by atoms with E-state index in [9.17, 15) is 5.26 Å². The first-order valence-electron chi connectivity index (χ1n) is 7.90. The van der Waals surface area contributed by atoms with Crippen LogP contribution in [0.3, 0.4) is 0 Å². The molecule has 22 heavy (non-hydrogen) atoms. The summed E-state index contributed by atoms with van der Waals surface area (Å²) in [5, 5.41) is 10.1. The molecule has 0 radical (unpaired) electrons. The van der Waals surface area contributed by atoms with Crippen LogP contribution in [0.5, 0.6) is 0 Å². The second-order valence-corrected chi connectivity index (χ2v) is 6.25. The fourth-order valence-electron chi connectivity index (χ4n) is 3.93. The molecular formula is C18H22N2O2. The van der Waals surface area contributed by atoms with Crippen LogP contribution in [0.2, 0.25) is 0 Å². The summed E-state index contributed by atoms with van der Waals surface area (Å²) in [6, 6.07) is 12.7. The third-order valence-electron chi connectivity index (χ3n) is 4.71. The zero-order valence-corrected chi connectivity index (χ0v) is 13.4. The van der Waals surface area contributed by atoms with Crippen LogP contribution in [0.15, 0.2) is 35.3 Å². The van der Waals surface area contributed by atoms with E-state index in [1.54, 1.807) is 0 Å². The molecule has 4 unspecified atom stereocenters. The number of ether oxygens (including phenoxy) is 2. The quantitative estimate of drug-likeness (QED) is 0.856. The highest BCUT2D eigenvalue weighted by Gasteiger charge is 2.66. The van der Waals surface area contributed by atoms with Crippen molar-refractivity contribution in [2.45, 2.75) is 51.5 Å². The van der Waals surface area contributed by atoms with Crippen molar-refractivity contribution in [3.8, 4) is 6.07 Å². The third kappa shape index (κ3) is 2.08. The maximum absolute atomic E-state index is 10.1. The predicted octanol–water partition coefficient (Wildman–Crippen LogP) is 3.64. The molecule has 0 bridgehead atoms. The maximum atomic E-state index is 10.1. The van der Waals surface area contributed by atoms with Gasteiger partial charge in [0.15, 0.2) is 0 Å². The monoisotopic (exact) mass is 298 g/mol. The number of rotatable bonds is 3. The molecule has 0 aromatic heterocycles. The van der Waals surface area contributed by atoms with Crippen molar-refractivity contribution in [1.82, 2.24) is 0 Å². The fraction of sp³-hybridized carbons (Fsp3) is 0.556. The Morgan fingerprint density at radius 3 is 2.77 bits per heavy atom. The first kappa shape index (κ1) is 15.2. The number of benzene rings is 1. The Balaban J connectivity index is 2.17. The molecule has 116 valence electrons. The average molecular weight is 298 g/mol. The summed E-state index contributed by atoms with van der Waals surface area (Å²) in [6.45, 7) is 6.37. The van der Waals surface area contributed by atoms with E-state index < -0.39 is 11.3 Å². The number of aliphatic imine (C=N–C) groups is 1. The van der Waals surface area contributed by atoms with Gasteiger partial charge in [0.25, 0.3) is 5.91 Å². The van der Waals surface area contributed by atoms with Crippen molar-refractivity contribution in [1.29, 1.82) is 5.26 Å². The maximum Gasteiger partial charge on any atom is 0.289 e. The van der Waals surface area contributed by atoms with E-state index in [0.29, 0.717) is 13.0 Å². The number of nitrogens with zero attached hydrogens (tertiary/aromatic N) is 2. The SMILES string of the molecule is CCOC12N=C(C)CC(c3ccccc3)C1(C#N)CC(C)O2. The molecular weight excluding hydrogens is 276 g/mol. The molecule has 1 saturated heterocycles. The lowest BCUT2D eigenvalue weighted by atomic mass is 9.65. The van der Waals surface area contributed by atoms with Crippen molar-refractivity contribution in [2.75, 3.05) is 6.61 Å². The van der Waals surface area contributed by atoms with E-state index in [-0.39, 0.29) is 12.0 Å². The first-order chi connectivity index (χ1) is 10.6. The fourth-order valence-corrected chi connectivity index (χ4v) is 3.93. The van der Waals surface area contributed by atoms with Gasteiger partial charge in [-0.2, -0.15) is 5.26 Å². The van der Waals surface area contributed by atoms with E-state index >= 15 is 0 Å². The standard InChI is InChI=1S/C18H22N2O2/c1-4-21-18-17(12-19,11-14(3)22-18)16(10-13(2)20-18)15-8-6-5-7-9-15/h5-9,14,16H,4,10-11H2,1-3H3. The highest BCUT2D eigenvalue weighted by molar-refractivity contribution is 5.84. The van der Waals surface area contributed by atoms with Gasteiger partial charge in [0, 0.05) is 24.7 Å². The van der Waals surface area contributed by atoms with E-state index in [0.717, 1.165) is 17.7 Å². The summed E-state index contributed by atoms with van der Waals surface area (Å²) in [4.78, 5) is 4.68. The molecule has 2 aliphatic rings. The topological polar surface area (TPSA) is 54.6 Å². The number of fused-ring (bicyclic) bond motifs is 1. The molecule has 1 aromatic carbocycles. The minimum absolute atomic E-state index is 0.0349. The molecule has 2 heterocycles. The lowest BCUT2D eigenvalue weighted by Crippen LogP contribution is -2.52. The third-order valence-corrected chi connectivity index (χ3v) is 4.71. The first-order valence-corrected chi connectivity index (χ1v) is 7.90. The summed E-state index contributed by atoms with van der Waals surface area (Å²) in [7, 11) is 0. The van der Waals surface area contributed by atoms with Crippen molar-refractivity contribution >= 4 is 5.71 Å². The van der Waals surface area contributed by atoms with E-state index in [1.165, 1.54) is 0 Å². The summed E-state index contributed by atoms with van der Waals surface area (Å²) in [5.74, 6) is -1.13. The molecule has 0 N–H and O–H groups in total. The normalized spacial score (nSPS) is 37.3. The van der Waals surface area contributed by atoms with Crippen LogP contribution in [-0.2, 0) is 9.47 Å². The van der Waals surface area contributed by atoms with Crippen molar-refractivity contribution in [3.63, 3.8) is 0 Å². The molecule has 3 rings (SSSR count). The number of hydrogen-bond donors (Lipinski definition) is 0.